The molecule has 0 aromatic heterocycles. The van der Waals surface area contributed by atoms with Crippen LogP contribution in [0.5, 0.6) is 11.5 Å². The van der Waals surface area contributed by atoms with Crippen LogP contribution in [0.1, 0.15) is 50.2 Å². The van der Waals surface area contributed by atoms with Gasteiger partial charge < -0.3 is 46.5 Å². The Kier molecular flexibility index (Phi) is 8.27. The highest BCUT2D eigenvalue weighted by Crippen LogP contribution is 2.64. The minimum absolute atomic E-state index is 0.0454. The lowest BCUT2D eigenvalue weighted by Crippen LogP contribution is -2.76. The van der Waals surface area contributed by atoms with Crippen LogP contribution in [0, 0.1) is 0 Å². The molecular weight excluding hydrogens is 558 g/mol. The second-order valence-electron chi connectivity index (χ2n) is 12.0. The maximum absolute atomic E-state index is 13.1. The number of guanidine groups is 1. The molecule has 234 valence electrons. The van der Waals surface area contributed by atoms with E-state index in [4.69, 9.17) is 20.9 Å². The van der Waals surface area contributed by atoms with Gasteiger partial charge in [0.1, 0.15) is 6.04 Å². The summed E-state index contributed by atoms with van der Waals surface area (Å²) < 4.78 is 12.1. The number of hydrogen-bond acceptors (Lipinski definition) is 9. The third kappa shape index (κ3) is 5.26. The van der Waals surface area contributed by atoms with E-state index in [2.05, 4.69) is 20.5 Å². The number of nitrogens with zero attached hydrogens (tertiary/aromatic N) is 3. The minimum Gasteiger partial charge on any atom is -0.477 e. The van der Waals surface area contributed by atoms with Gasteiger partial charge in [-0.1, -0.05) is 6.07 Å². The first-order chi connectivity index (χ1) is 20.4. The fourth-order valence-electron chi connectivity index (χ4n) is 7.36. The number of amides is 3. The van der Waals surface area contributed by atoms with Gasteiger partial charge >= 0.3 is 6.09 Å². The molecule has 1 spiro atoms. The number of nitrogens with two attached hydrogens (primary N) is 2. The summed E-state index contributed by atoms with van der Waals surface area (Å²) in [5.74, 6) is -0.284. The molecule has 3 unspecified atom stereocenters. The van der Waals surface area contributed by atoms with Crippen LogP contribution < -0.4 is 31.6 Å². The van der Waals surface area contributed by atoms with Crippen LogP contribution in [0.2, 0.25) is 0 Å². The Hall–Kier alpha value is -3.91. The maximum Gasteiger partial charge on any atom is 0.415 e. The predicted octanol–water partition coefficient (Wildman–Crippen LogP) is -0.855. The number of likely N-dealkylation sites (N-methyl/N-ethyl adjacent to an activating group) is 2. The molecule has 14 heteroatoms. The number of aliphatic imine (C=N–C) groups is 1. The first kappa shape index (κ1) is 30.5. The monoisotopic (exact) mass is 599 g/mol. The summed E-state index contributed by atoms with van der Waals surface area (Å²) in [6, 6.07) is 2.68. The van der Waals surface area contributed by atoms with Gasteiger partial charge in [-0.3, -0.25) is 19.4 Å². The standard InChI is InChI=1S/C29H41N7O7/c1-16(37)34-18(5-4-11-33-26(30)31)25(39)32-12-14-36(3)27(40)42-20-7-6-17-15-21-29(41)9-8-19(38)24-28(29,10-13-35(21)2)22(17)23(20)43-24/h6-7,18,21,24,41H,4-5,8-15H2,1-3H3,(H,32,39)(H,34,37)(H4,30,31,33)/t18-,21?,24?,28?,29+/m0/s1. The Morgan fingerprint density at radius 2 is 2.07 bits per heavy atom. The van der Waals surface area contributed by atoms with Gasteiger partial charge in [0, 0.05) is 51.6 Å². The smallest absolute Gasteiger partial charge is 0.415 e. The molecule has 2 aliphatic carbocycles. The number of ether oxygens (including phenoxy) is 2. The van der Waals surface area contributed by atoms with Crippen molar-refractivity contribution < 1.29 is 33.8 Å². The van der Waals surface area contributed by atoms with Gasteiger partial charge in [0.05, 0.1) is 11.0 Å². The first-order valence-electron chi connectivity index (χ1n) is 14.7. The molecule has 1 saturated carbocycles. The van der Waals surface area contributed by atoms with E-state index in [-0.39, 0.29) is 49.0 Å². The molecule has 2 fully saturated rings. The number of nitrogens with one attached hydrogen (secondary N) is 2. The largest absolute Gasteiger partial charge is 0.477 e. The number of hydrogen-bond donors (Lipinski definition) is 5. The van der Waals surface area contributed by atoms with Gasteiger partial charge in [-0.25, -0.2) is 4.79 Å². The summed E-state index contributed by atoms with van der Waals surface area (Å²) in [5, 5.41) is 17.5. The summed E-state index contributed by atoms with van der Waals surface area (Å²) in [6.45, 7) is 2.61. The highest BCUT2D eigenvalue weighted by molar-refractivity contribution is 5.90. The Morgan fingerprint density at radius 3 is 2.79 bits per heavy atom. The molecule has 5 atom stereocenters. The summed E-state index contributed by atoms with van der Waals surface area (Å²) in [5.41, 5.74) is 10.5. The molecule has 1 saturated heterocycles. The van der Waals surface area contributed by atoms with Crippen molar-refractivity contribution in [2.75, 3.05) is 40.3 Å². The molecule has 1 aromatic rings. The molecule has 0 radical (unpaired) electrons. The minimum atomic E-state index is -1.12. The van der Waals surface area contributed by atoms with Crippen molar-refractivity contribution >= 4 is 29.7 Å². The number of piperidine rings is 1. The lowest BCUT2D eigenvalue weighted by Gasteiger charge is -2.62. The van der Waals surface area contributed by atoms with Crippen LogP contribution in [-0.4, -0.2) is 109 Å². The summed E-state index contributed by atoms with van der Waals surface area (Å²) >= 11 is 0. The van der Waals surface area contributed by atoms with E-state index < -0.39 is 35.2 Å². The van der Waals surface area contributed by atoms with Gasteiger partial charge in [-0.2, -0.15) is 0 Å². The number of likely N-dealkylation sites (tertiary alicyclic amines) is 1. The second kappa shape index (κ2) is 11.6. The fourth-order valence-corrected chi connectivity index (χ4v) is 7.36. The molecule has 3 amide bonds. The zero-order chi connectivity index (χ0) is 31.1. The van der Waals surface area contributed by atoms with E-state index >= 15 is 0 Å². The predicted molar refractivity (Wildman–Crippen MR) is 156 cm³/mol. The Balaban J connectivity index is 1.24. The lowest BCUT2D eigenvalue weighted by atomic mass is 9.49. The maximum atomic E-state index is 13.1. The summed E-state index contributed by atoms with van der Waals surface area (Å²) in [6.07, 6.45) is 1.11. The van der Waals surface area contributed by atoms with Crippen molar-refractivity contribution in [2.45, 2.75) is 74.7 Å². The van der Waals surface area contributed by atoms with Crippen LogP contribution in [0.4, 0.5) is 4.79 Å². The van der Waals surface area contributed by atoms with E-state index in [9.17, 15) is 24.3 Å². The SMILES string of the molecule is CC(=O)N[C@@H](CCCN=C(N)N)C(=O)NCCN(C)C(=O)Oc1ccc2c3c1OC1C(=O)CC[C@@]4(O)C(C2)N(C)CCC314. The molecule has 5 rings (SSSR count). The summed E-state index contributed by atoms with van der Waals surface area (Å²) in [7, 11) is 3.54. The number of Topliss-reactive ketones (excluding diaryl/α,β-unsaturated/α-hetero) is 1. The van der Waals surface area contributed by atoms with E-state index in [1.54, 1.807) is 6.07 Å². The van der Waals surface area contributed by atoms with Gasteiger partial charge in [0.25, 0.3) is 0 Å². The fraction of sp³-hybridized carbons (Fsp3) is 0.621. The normalized spacial score (nSPS) is 27.3. The molecule has 2 bridgehead atoms. The van der Waals surface area contributed by atoms with Gasteiger partial charge in [-0.15, -0.1) is 0 Å². The van der Waals surface area contributed by atoms with Gasteiger partial charge in [0.2, 0.25) is 11.8 Å². The van der Waals surface area contributed by atoms with E-state index in [0.717, 1.165) is 17.7 Å². The Morgan fingerprint density at radius 1 is 1.30 bits per heavy atom. The number of ketones is 1. The molecule has 7 N–H and O–H groups in total. The van der Waals surface area contributed by atoms with Gasteiger partial charge in [-0.05, 0) is 57.3 Å². The van der Waals surface area contributed by atoms with Crippen molar-refractivity contribution in [3.8, 4) is 11.5 Å². The highest BCUT2D eigenvalue weighted by atomic mass is 16.6. The number of aliphatic hydroxyl groups is 1. The van der Waals surface area contributed by atoms with Crippen molar-refractivity contribution in [3.63, 3.8) is 0 Å². The topological polar surface area (TPSA) is 202 Å². The quantitative estimate of drug-likeness (QED) is 0.128. The van der Waals surface area contributed by atoms with Crippen LogP contribution in [-0.2, 0) is 26.2 Å². The van der Waals surface area contributed by atoms with E-state index in [1.165, 1.54) is 18.9 Å². The Labute approximate surface area is 250 Å². The third-order valence-corrected chi connectivity index (χ3v) is 9.40. The lowest BCUT2D eigenvalue weighted by molar-refractivity contribution is -0.185. The average Bonchev–Trinajstić information content (AvgIpc) is 3.31. The first-order valence-corrected chi connectivity index (χ1v) is 14.7. The zero-order valence-electron chi connectivity index (χ0n) is 24.9. The van der Waals surface area contributed by atoms with Crippen molar-refractivity contribution in [1.29, 1.82) is 0 Å². The van der Waals surface area contributed by atoms with E-state index in [1.807, 2.05) is 13.1 Å². The third-order valence-electron chi connectivity index (χ3n) is 9.40. The molecule has 14 nitrogen and oxygen atoms in total. The van der Waals surface area contributed by atoms with Crippen LogP contribution in [0.25, 0.3) is 0 Å². The van der Waals surface area contributed by atoms with Crippen LogP contribution in [0.3, 0.4) is 0 Å². The zero-order valence-corrected chi connectivity index (χ0v) is 24.9. The van der Waals surface area contributed by atoms with Crippen molar-refractivity contribution in [1.82, 2.24) is 20.4 Å². The van der Waals surface area contributed by atoms with Crippen molar-refractivity contribution in [2.24, 2.45) is 16.5 Å². The molecular formula is C29H41N7O7. The van der Waals surface area contributed by atoms with Gasteiger partial charge in [0.15, 0.2) is 29.3 Å². The van der Waals surface area contributed by atoms with Crippen LogP contribution in [0.15, 0.2) is 17.1 Å². The molecule has 43 heavy (non-hydrogen) atoms. The molecule has 4 aliphatic rings. The average molecular weight is 600 g/mol. The van der Waals surface area contributed by atoms with Crippen LogP contribution >= 0.6 is 0 Å². The van der Waals surface area contributed by atoms with E-state index in [0.29, 0.717) is 44.4 Å². The highest BCUT2D eigenvalue weighted by Gasteiger charge is 2.72. The van der Waals surface area contributed by atoms with Crippen molar-refractivity contribution in [3.05, 3.63) is 23.3 Å². The molecule has 1 aromatic carbocycles. The number of carbonyl (C=O) groups excluding carboxylic acids is 4. The number of carbonyl (C=O) groups is 4. The molecule has 2 aliphatic heterocycles. The summed E-state index contributed by atoms with van der Waals surface area (Å²) in [4.78, 5) is 57.9. The number of rotatable bonds is 10. The molecule has 2 heterocycles. The number of benzene rings is 1. The second-order valence-corrected chi connectivity index (χ2v) is 12.0. The Bertz CT molecular complexity index is 1350.